The zero-order valence-corrected chi connectivity index (χ0v) is 101. The minimum atomic E-state index is -3.39. The van der Waals surface area contributed by atoms with Gasteiger partial charge < -0.3 is 107 Å². The summed E-state index contributed by atoms with van der Waals surface area (Å²) in [5.41, 5.74) is 7.04. The Labute approximate surface area is 899 Å². The number of esters is 3. The first-order chi connectivity index (χ1) is 68.8. The topological polar surface area (TPSA) is 439 Å². The van der Waals surface area contributed by atoms with Gasteiger partial charge in [0.05, 0.1) is 42.4 Å². The summed E-state index contributed by atoms with van der Waals surface area (Å²) >= 11 is 15.6. The van der Waals surface area contributed by atoms with E-state index in [0.717, 1.165) is 18.7 Å². The molecule has 0 aliphatic carbocycles. The number of methoxy groups -OCH3 is 1. The van der Waals surface area contributed by atoms with E-state index in [1.165, 1.54) is 68.8 Å². The number of halogens is 2. The highest BCUT2D eigenvalue weighted by molar-refractivity contribution is 6.77. The van der Waals surface area contributed by atoms with Crippen LogP contribution in [0.5, 0.6) is 46.0 Å². The molecule has 0 saturated carbocycles. The van der Waals surface area contributed by atoms with Gasteiger partial charge in [-0.15, -0.1) is 0 Å². The average Bonchev–Trinajstić information content (AvgIpc) is 0.672. The Kier molecular flexibility index (Phi) is 37.5. The molecule has 9 N–H and O–H groups in total. The van der Waals surface area contributed by atoms with E-state index in [1.54, 1.807) is 54.6 Å². The van der Waals surface area contributed by atoms with Gasteiger partial charge in [-0.05, 0) is 204 Å². The normalized spacial score (nSPS) is 21.8. The Morgan fingerprint density at radius 3 is 1.50 bits per heavy atom. The number of nitrogens with two attached hydrogens (primary N) is 1. The molecule has 1 fully saturated rings. The monoisotopic (exact) mass is 2220 g/mol. The van der Waals surface area contributed by atoms with Gasteiger partial charge in [0, 0.05) is 43.7 Å². The fraction of sp³-hybridized carbons (Fsp3) is 0.565. The van der Waals surface area contributed by atoms with Crippen LogP contribution in [0.4, 0.5) is 4.79 Å². The van der Waals surface area contributed by atoms with Crippen molar-refractivity contribution in [3.63, 3.8) is 0 Å². The van der Waals surface area contributed by atoms with Crippen LogP contribution in [0.15, 0.2) is 109 Å². The van der Waals surface area contributed by atoms with E-state index in [4.69, 9.17) is 93.4 Å². The predicted molar refractivity (Wildman–Crippen MR) is 588 cm³/mol. The van der Waals surface area contributed by atoms with E-state index < -0.39 is 254 Å². The number of benzene rings is 6. The van der Waals surface area contributed by atoms with E-state index in [2.05, 4.69) is 86.5 Å². The molecule has 12 rings (SSSR count). The molecule has 6 aliphatic rings. The van der Waals surface area contributed by atoms with E-state index in [9.17, 15) is 24.3 Å². The van der Waals surface area contributed by atoms with E-state index in [-0.39, 0.29) is 103 Å². The van der Waals surface area contributed by atoms with Crippen molar-refractivity contribution in [2.45, 2.75) is 366 Å². The van der Waals surface area contributed by atoms with Crippen LogP contribution in [0.3, 0.4) is 0 Å². The molecule has 1 saturated heterocycles. The van der Waals surface area contributed by atoms with Crippen molar-refractivity contribution in [3.05, 3.63) is 153 Å². The molecule has 0 radical (unpaired) electrons. The fourth-order valence-corrected chi connectivity index (χ4v) is 22.7. The highest BCUT2D eigenvalue weighted by atomic mass is 35.5. The lowest BCUT2D eigenvalue weighted by Gasteiger charge is -2.44. The molecular formula is C108H158Cl2N8O26Si6. The number of carbonyl (C=O) groups is 11. The Morgan fingerprint density at radius 2 is 1.00 bits per heavy atom. The molecule has 11 bridgehead atoms. The summed E-state index contributed by atoms with van der Waals surface area (Å²) in [5, 5.41) is 26.8. The van der Waals surface area contributed by atoms with Crippen LogP contribution in [-0.4, -0.2) is 201 Å². The largest absolute Gasteiger partial charge is 0.543 e. The van der Waals surface area contributed by atoms with Crippen molar-refractivity contribution in [2.24, 2.45) is 11.7 Å². The van der Waals surface area contributed by atoms with Crippen LogP contribution >= 0.6 is 23.2 Å². The van der Waals surface area contributed by atoms with Crippen molar-refractivity contribution >= 4 is 138 Å². The van der Waals surface area contributed by atoms with Gasteiger partial charge in [-0.2, -0.15) is 0 Å². The summed E-state index contributed by atoms with van der Waals surface area (Å²) in [5.74, 6) is -12.8. The number of likely N-dealkylation sites (N-methyl/N-ethyl adjacent to an activating group) is 1. The number of hydrogen-bond donors (Lipinski definition) is 8. The second-order valence-electron chi connectivity index (χ2n) is 49.0. The summed E-state index contributed by atoms with van der Waals surface area (Å²) in [7, 11) is -16.2. The van der Waals surface area contributed by atoms with Crippen LogP contribution in [-0.2, 0) is 91.5 Å². The molecule has 6 aromatic rings. The van der Waals surface area contributed by atoms with Gasteiger partial charge in [0.25, 0.3) is 16.6 Å². The second kappa shape index (κ2) is 46.2. The van der Waals surface area contributed by atoms with Gasteiger partial charge in [-0.1, -0.05) is 210 Å². The number of hydrogen-bond acceptors (Lipinski definition) is 26. The molecule has 0 aromatic heterocycles. The van der Waals surface area contributed by atoms with Crippen molar-refractivity contribution < 1.29 is 122 Å². The van der Waals surface area contributed by atoms with Gasteiger partial charge in [-0.3, -0.25) is 48.1 Å². The van der Waals surface area contributed by atoms with E-state index in [0.29, 0.717) is 5.56 Å². The molecule has 0 spiro atoms. The van der Waals surface area contributed by atoms with Crippen LogP contribution in [0, 0.1) is 5.92 Å². The number of ether oxygens (including phenoxy) is 8. The maximum Gasteiger partial charge on any atom is 0.410 e. The number of fused-ring (bicyclic) bond motifs is 15. The first-order valence-electron chi connectivity index (χ1n) is 50.8. The maximum absolute atomic E-state index is 17.6. The molecule has 150 heavy (non-hydrogen) atoms. The predicted octanol–water partition coefficient (Wildman–Crippen LogP) is 20.3. The number of nitrogens with zero attached hydrogens (tertiary/aromatic N) is 1. The summed E-state index contributed by atoms with van der Waals surface area (Å²) in [4.78, 5) is 174. The highest BCUT2D eigenvalue weighted by Crippen LogP contribution is 2.55. The molecule has 6 heterocycles. The molecule has 824 valence electrons. The van der Waals surface area contributed by atoms with Gasteiger partial charge in [-0.25, -0.2) is 9.59 Å². The second-order valence-corrected chi connectivity index (χ2v) is 78.3. The summed E-state index contributed by atoms with van der Waals surface area (Å²) < 4.78 is 96.0. The molecule has 8 amide bonds. The lowest BCUT2D eigenvalue weighted by molar-refractivity contribution is -0.283. The van der Waals surface area contributed by atoms with Crippen molar-refractivity contribution in [2.75, 3.05) is 20.8 Å². The summed E-state index contributed by atoms with van der Waals surface area (Å²) in [6.07, 6.45) is -14.4. The van der Waals surface area contributed by atoms with Crippen LogP contribution in [0.2, 0.25) is 119 Å². The zero-order chi connectivity index (χ0) is 113. The number of aliphatic hydroxyl groups is 1. The average molecular weight is 2220 g/mol. The molecule has 34 nitrogen and oxygen atoms in total. The quantitative estimate of drug-likeness (QED) is 0.0135. The van der Waals surface area contributed by atoms with Crippen molar-refractivity contribution in [1.82, 2.24) is 36.8 Å². The van der Waals surface area contributed by atoms with Crippen molar-refractivity contribution in [3.8, 4) is 57.1 Å². The SMILES string of the molecule is COC(=O)[C@H]1NC(=O)[C@H]2NC(=O)[C@H](NC(=O)[C@@H]3NC(=O)[C@H](CC(N)=O)NC(=O)[C@H](NC(=O)[C@@H](CC(C)C)N(C)C(=O)OCc4ccccc4)[C@H](O[Si](C)(C)C(C)(C)C)c4ccc(c(Cl)c4)Oc4cc3cc(c4O[C@@H]3O[C@H](CO[Si](C)(C)C(C)(C)C)[C@@H](OC(C)=O)[C@H](OC(C)=O)[C@H]3O)Oc3ccc(cc3Cl)[C@H]2O[Si](C)(C)C(C)(C)C)c2ccc(O[Si](C)(C)C(C)(C)C)c(c2)-c2c(O[Si](C)(C)C(C)(C)C)cc(O[Si](C)(C)C(C)(C)C)cc21. The molecule has 0 unspecified atom stereocenters. The molecule has 42 heteroatoms. The van der Waals surface area contributed by atoms with Crippen molar-refractivity contribution in [1.29, 1.82) is 0 Å². The Balaban J connectivity index is 1.38. The van der Waals surface area contributed by atoms with Gasteiger partial charge in [0.15, 0.2) is 60.8 Å². The number of rotatable bonds is 27. The van der Waals surface area contributed by atoms with E-state index >= 15 is 33.6 Å². The highest BCUT2D eigenvalue weighted by Gasteiger charge is 2.56. The van der Waals surface area contributed by atoms with E-state index in [1.807, 2.05) is 162 Å². The smallest absolute Gasteiger partial charge is 0.410 e. The Hall–Kier alpha value is -10.2. The third-order valence-electron chi connectivity index (χ3n) is 30.8. The number of amides is 8. The lowest BCUT2D eigenvalue weighted by Crippen LogP contribution is -2.63. The van der Waals surface area contributed by atoms with Gasteiger partial charge >= 0.3 is 24.0 Å². The fourth-order valence-electron chi connectivity index (χ4n) is 15.7. The van der Waals surface area contributed by atoms with Crippen LogP contribution in [0.1, 0.15) is 229 Å². The first kappa shape index (κ1) is 122. The Bertz CT molecular complexity index is 6030. The number of primary amides is 1. The number of aliphatic hydroxyl groups excluding tert-OH is 1. The Morgan fingerprint density at radius 1 is 0.520 bits per heavy atom. The number of carbonyl (C=O) groups excluding carboxylic acids is 11. The third-order valence-corrected chi connectivity index (χ3v) is 57.9. The van der Waals surface area contributed by atoms with Crippen LogP contribution < -0.4 is 65.1 Å². The zero-order valence-electron chi connectivity index (χ0n) is 93.8. The standard InChI is InChI=1S/C108H158Cl2N8O26Si6/c1-59(2)48-73(118(23)102(130)132-57-62-40-38-37-39-41-62)95(124)116-86-89(143-149(33,34)107(17,18)19)64-43-46-75(70(109)50-64)136-78-52-66-53-79(91(78)139-101-88(122)93(135-61(4)120)92(134-60(3)119)80(138-101)58-133-145(25,26)103(5,6)7)137-76-47-44-65(51-71(76)110)90(144-150(35,36)108(20,21)22)87-99(128)115-85(100(129)131-24)69-54-67(140-146(27,28)104(8,9)10)55-77(142-148(31,32)106(14,15)16)82(69)68-49-63(42-45-74(68)141-147(29,30)105(11,12)13)83(96(125)117-87)114-97(126)84(66)113-94(123)72(56-81(111)121)112-98(86)127/h37-47,49-55,59,72-73,80,83-90,92-93,101,122H,48,56-58H2,1-36H3,(H2,111,121)(H,112,127)(H,113,123)(H,114,126)(H,115,128)(H,116,124)(H,117,125)/t72-,73+,80+,83+,84+,85-,86+,87-,88+,89+,90+,92+,93+,101-/m0/s1. The molecular weight excluding hydrogens is 2060 g/mol. The molecule has 6 aromatic carbocycles. The maximum atomic E-state index is 17.6. The lowest BCUT2D eigenvalue weighted by atomic mass is 9.89. The van der Waals surface area contributed by atoms with Gasteiger partial charge in [0.1, 0.15) is 77.7 Å². The minimum Gasteiger partial charge on any atom is -0.543 e. The first-order valence-corrected chi connectivity index (χ1v) is 69.0. The summed E-state index contributed by atoms with van der Waals surface area (Å²) in [6, 6.07) is 14.2. The summed E-state index contributed by atoms with van der Waals surface area (Å²) in [6.45, 7) is 65.1. The third kappa shape index (κ3) is 28.5. The molecule has 14 atom stereocenters. The molecule has 6 aliphatic heterocycles. The minimum absolute atomic E-state index is 0.0216. The van der Waals surface area contributed by atoms with Crippen LogP contribution in [0.25, 0.3) is 11.1 Å². The van der Waals surface area contributed by atoms with Gasteiger partial charge in [0.2, 0.25) is 61.7 Å². The number of nitrogens with one attached hydrogen (secondary N) is 6.